The lowest BCUT2D eigenvalue weighted by Gasteiger charge is -2.38. The third-order valence-electron chi connectivity index (χ3n) is 9.71. The number of ether oxygens (including phenoxy) is 2. The third-order valence-corrected chi connectivity index (χ3v) is 9.71. The van der Waals surface area contributed by atoms with Crippen molar-refractivity contribution in [3.8, 4) is 5.75 Å². The second-order valence-electron chi connectivity index (χ2n) is 12.1. The number of esters is 1. The molecule has 1 saturated heterocycles. The lowest BCUT2D eigenvalue weighted by Crippen LogP contribution is -2.34. The zero-order chi connectivity index (χ0) is 27.3. The average molecular weight is 521 g/mol. The molecule has 2 aromatic carbocycles. The first-order chi connectivity index (χ1) is 18.2. The van der Waals surface area contributed by atoms with Gasteiger partial charge in [-0.1, -0.05) is 70.4 Å². The Balaban J connectivity index is 1.48. The van der Waals surface area contributed by atoms with Gasteiger partial charge in [-0.3, -0.25) is 4.79 Å². The standard InChI is InChI=1S/C34H48O4/c1-6-34(7-2,28-14-16-30(25(4)22-28)37-23-29-15-18-32(36)38-29)27-13-11-26(24(3)21-27)12-17-31(35)33(5)19-9-8-10-20-33/h11,13-14,16,21-22,29,31,35H,6-10,12,15,17-20,23H2,1-5H3. The number of aliphatic hydroxyl groups excluding tert-OH is 1. The maximum atomic E-state index is 11.4. The third kappa shape index (κ3) is 6.11. The fourth-order valence-corrected chi connectivity index (χ4v) is 6.83. The summed E-state index contributed by atoms with van der Waals surface area (Å²) < 4.78 is 11.3. The average Bonchev–Trinajstić information content (AvgIpc) is 3.34. The minimum Gasteiger partial charge on any atom is -0.489 e. The molecule has 1 aliphatic heterocycles. The van der Waals surface area contributed by atoms with Gasteiger partial charge >= 0.3 is 5.97 Å². The molecule has 1 aliphatic carbocycles. The molecule has 2 unspecified atom stereocenters. The van der Waals surface area contributed by atoms with Crippen molar-refractivity contribution in [2.45, 2.75) is 123 Å². The molecule has 0 spiro atoms. The van der Waals surface area contributed by atoms with Crippen LogP contribution in [0.2, 0.25) is 0 Å². The highest BCUT2D eigenvalue weighted by Crippen LogP contribution is 2.42. The van der Waals surface area contributed by atoms with Gasteiger partial charge in [0.05, 0.1) is 6.10 Å². The molecule has 208 valence electrons. The predicted octanol–water partition coefficient (Wildman–Crippen LogP) is 7.76. The molecule has 2 aromatic rings. The van der Waals surface area contributed by atoms with Crippen LogP contribution in [0.25, 0.3) is 0 Å². The topological polar surface area (TPSA) is 55.8 Å². The first-order valence-corrected chi connectivity index (χ1v) is 14.9. The van der Waals surface area contributed by atoms with Gasteiger partial charge in [0.2, 0.25) is 0 Å². The Morgan fingerprint density at radius 2 is 1.68 bits per heavy atom. The van der Waals surface area contributed by atoms with E-state index in [1.54, 1.807) is 0 Å². The van der Waals surface area contributed by atoms with Crippen molar-refractivity contribution in [2.75, 3.05) is 6.61 Å². The maximum absolute atomic E-state index is 11.4. The molecule has 4 nitrogen and oxygen atoms in total. The van der Waals surface area contributed by atoms with Crippen molar-refractivity contribution in [1.82, 2.24) is 0 Å². The van der Waals surface area contributed by atoms with Gasteiger partial charge in [0.15, 0.2) is 0 Å². The highest BCUT2D eigenvalue weighted by atomic mass is 16.6. The molecule has 0 radical (unpaired) electrons. The van der Waals surface area contributed by atoms with Crippen molar-refractivity contribution in [3.63, 3.8) is 0 Å². The van der Waals surface area contributed by atoms with Crippen LogP contribution in [0.4, 0.5) is 0 Å². The largest absolute Gasteiger partial charge is 0.489 e. The van der Waals surface area contributed by atoms with Crippen LogP contribution in [-0.2, 0) is 21.4 Å². The second-order valence-corrected chi connectivity index (χ2v) is 12.1. The monoisotopic (exact) mass is 520 g/mol. The lowest BCUT2D eigenvalue weighted by molar-refractivity contribution is -0.142. The van der Waals surface area contributed by atoms with E-state index >= 15 is 0 Å². The summed E-state index contributed by atoms with van der Waals surface area (Å²) in [5.74, 6) is 0.729. The molecular formula is C34H48O4. The van der Waals surface area contributed by atoms with E-state index in [1.165, 1.54) is 41.5 Å². The van der Waals surface area contributed by atoms with Crippen LogP contribution in [0.5, 0.6) is 5.75 Å². The molecule has 1 saturated carbocycles. The summed E-state index contributed by atoms with van der Waals surface area (Å²) in [5, 5.41) is 11.0. The zero-order valence-electron chi connectivity index (χ0n) is 24.3. The van der Waals surface area contributed by atoms with Crippen molar-refractivity contribution < 1.29 is 19.4 Å². The molecule has 38 heavy (non-hydrogen) atoms. The van der Waals surface area contributed by atoms with Gasteiger partial charge in [-0.15, -0.1) is 0 Å². The Morgan fingerprint density at radius 1 is 1.03 bits per heavy atom. The molecular weight excluding hydrogens is 472 g/mol. The number of aryl methyl sites for hydroxylation is 3. The van der Waals surface area contributed by atoms with Gasteiger partial charge in [-0.25, -0.2) is 0 Å². The van der Waals surface area contributed by atoms with Gasteiger partial charge in [-0.2, -0.15) is 0 Å². The number of carbonyl (C=O) groups is 1. The van der Waals surface area contributed by atoms with E-state index in [1.807, 2.05) is 0 Å². The molecule has 0 aromatic heterocycles. The Bertz CT molecular complexity index is 1090. The summed E-state index contributed by atoms with van der Waals surface area (Å²) in [5.41, 5.74) is 6.46. The molecule has 0 bridgehead atoms. The number of hydrogen-bond acceptors (Lipinski definition) is 4. The normalized spacial score (nSPS) is 20.3. The summed E-state index contributed by atoms with van der Waals surface area (Å²) in [7, 11) is 0. The van der Waals surface area contributed by atoms with Crippen molar-refractivity contribution in [2.24, 2.45) is 5.41 Å². The van der Waals surface area contributed by atoms with Crippen LogP contribution in [-0.4, -0.2) is 29.9 Å². The van der Waals surface area contributed by atoms with E-state index in [0.29, 0.717) is 13.0 Å². The SMILES string of the molecule is CCC(CC)(c1ccc(CCC(O)C2(C)CCCCC2)c(C)c1)c1ccc(OCC2CCC(=O)O2)c(C)c1. The van der Waals surface area contributed by atoms with E-state index in [0.717, 1.165) is 56.3 Å². The highest BCUT2D eigenvalue weighted by Gasteiger charge is 2.34. The molecule has 1 N–H and O–H groups in total. The van der Waals surface area contributed by atoms with Gasteiger partial charge in [-0.05, 0) is 98.1 Å². The van der Waals surface area contributed by atoms with Crippen LogP contribution in [0.3, 0.4) is 0 Å². The quantitative estimate of drug-likeness (QED) is 0.308. The number of aliphatic hydroxyl groups is 1. The van der Waals surface area contributed by atoms with Gasteiger partial charge in [0.25, 0.3) is 0 Å². The first-order valence-electron chi connectivity index (χ1n) is 14.9. The minimum atomic E-state index is -0.225. The van der Waals surface area contributed by atoms with E-state index in [-0.39, 0.29) is 29.0 Å². The van der Waals surface area contributed by atoms with E-state index in [4.69, 9.17) is 9.47 Å². The lowest BCUT2D eigenvalue weighted by atomic mass is 9.69. The second kappa shape index (κ2) is 12.2. The summed E-state index contributed by atoms with van der Waals surface area (Å²) >= 11 is 0. The highest BCUT2D eigenvalue weighted by molar-refractivity contribution is 5.71. The van der Waals surface area contributed by atoms with E-state index < -0.39 is 0 Å². The van der Waals surface area contributed by atoms with Crippen LogP contribution < -0.4 is 4.74 Å². The van der Waals surface area contributed by atoms with Crippen molar-refractivity contribution in [1.29, 1.82) is 0 Å². The fourth-order valence-electron chi connectivity index (χ4n) is 6.83. The Kier molecular flexibility index (Phi) is 9.23. The number of rotatable bonds is 11. The first kappa shape index (κ1) is 28.7. The zero-order valence-corrected chi connectivity index (χ0v) is 24.3. The maximum Gasteiger partial charge on any atom is 0.306 e. The number of benzene rings is 2. The fraction of sp³-hybridized carbons (Fsp3) is 0.618. The van der Waals surface area contributed by atoms with E-state index in [2.05, 4.69) is 71.0 Å². The molecule has 4 rings (SSSR count). The molecule has 2 aliphatic rings. The van der Waals surface area contributed by atoms with Crippen molar-refractivity contribution in [3.05, 3.63) is 64.2 Å². The Labute approximate surface area is 230 Å². The van der Waals surface area contributed by atoms with Gasteiger partial charge < -0.3 is 14.6 Å². The van der Waals surface area contributed by atoms with Crippen LogP contribution in [0.1, 0.15) is 113 Å². The molecule has 0 amide bonds. The summed E-state index contributed by atoms with van der Waals surface area (Å²) in [6, 6.07) is 13.6. The van der Waals surface area contributed by atoms with Crippen LogP contribution in [0.15, 0.2) is 36.4 Å². The minimum absolute atomic E-state index is 0.0668. The smallest absolute Gasteiger partial charge is 0.306 e. The summed E-state index contributed by atoms with van der Waals surface area (Å²) in [6.07, 6.45) is 10.8. The van der Waals surface area contributed by atoms with Crippen LogP contribution >= 0.6 is 0 Å². The van der Waals surface area contributed by atoms with Crippen molar-refractivity contribution >= 4 is 5.97 Å². The number of hydrogen-bond donors (Lipinski definition) is 1. The van der Waals surface area contributed by atoms with Gasteiger partial charge in [0.1, 0.15) is 18.5 Å². The molecule has 2 atom stereocenters. The summed E-state index contributed by atoms with van der Waals surface area (Å²) in [4.78, 5) is 11.4. The molecule has 1 heterocycles. The van der Waals surface area contributed by atoms with Gasteiger partial charge in [0, 0.05) is 11.8 Å². The Morgan fingerprint density at radius 3 is 2.26 bits per heavy atom. The molecule has 4 heteroatoms. The summed E-state index contributed by atoms with van der Waals surface area (Å²) in [6.45, 7) is 11.6. The number of cyclic esters (lactones) is 1. The number of carbonyl (C=O) groups excluding carboxylic acids is 1. The Hall–Kier alpha value is -2.33. The predicted molar refractivity (Wildman–Crippen MR) is 154 cm³/mol. The molecule has 2 fully saturated rings. The van der Waals surface area contributed by atoms with Crippen LogP contribution in [0, 0.1) is 19.3 Å². The van der Waals surface area contributed by atoms with E-state index in [9.17, 15) is 9.90 Å².